The van der Waals surface area contributed by atoms with Crippen molar-refractivity contribution in [3.8, 4) is 0 Å². The molecule has 2 aromatic carbocycles. The maximum Gasteiger partial charge on any atom is 0.261 e. The monoisotopic (exact) mass is 388 g/mol. The number of nitrogens with one attached hydrogen (secondary N) is 1. The molecule has 0 bridgehead atoms. The zero-order valence-corrected chi connectivity index (χ0v) is 15.7. The Balaban J connectivity index is 1.36. The molecule has 1 atom stereocenters. The lowest BCUT2D eigenvalue weighted by molar-refractivity contribution is -0.121. The number of rotatable bonds is 7. The van der Waals surface area contributed by atoms with Gasteiger partial charge in [0.25, 0.3) is 11.8 Å². The number of benzene rings is 2. The average molecular weight is 388 g/mol. The molecule has 0 radical (unpaired) electrons. The van der Waals surface area contributed by atoms with E-state index >= 15 is 0 Å². The fourth-order valence-electron chi connectivity index (χ4n) is 3.49. The fraction of sp³-hybridized carbons (Fsp3) is 0.174. The second-order valence-electron chi connectivity index (χ2n) is 6.84. The predicted octanol–water partition coefficient (Wildman–Crippen LogP) is 3.56. The van der Waals surface area contributed by atoms with Crippen molar-refractivity contribution >= 4 is 17.7 Å². The molecule has 0 aliphatic carbocycles. The first-order valence-corrected chi connectivity index (χ1v) is 9.48. The molecule has 0 saturated heterocycles. The minimum atomic E-state index is -0.391. The van der Waals surface area contributed by atoms with Gasteiger partial charge in [-0.15, -0.1) is 0 Å². The highest BCUT2D eigenvalue weighted by molar-refractivity contribution is 6.21. The van der Waals surface area contributed by atoms with Crippen LogP contribution >= 0.6 is 0 Å². The lowest BCUT2D eigenvalue weighted by atomic mass is 10.0. The smallest absolute Gasteiger partial charge is 0.261 e. The molecule has 1 aliphatic heterocycles. The Labute approximate surface area is 168 Å². The molecule has 0 spiro atoms. The molecule has 2 heterocycles. The van der Waals surface area contributed by atoms with Gasteiger partial charge in [-0.2, -0.15) is 0 Å². The standard InChI is InChI=1S/C23H20N2O4/c26-20(24-21(19-12-7-15-29-19)16-8-2-1-3-9-16)13-6-14-25-22(27)17-10-4-5-11-18(17)23(25)28/h1-5,7-12,15,21H,6,13-14H2,(H,24,26). The highest BCUT2D eigenvalue weighted by Gasteiger charge is 2.34. The third-order valence-electron chi connectivity index (χ3n) is 4.93. The van der Waals surface area contributed by atoms with Gasteiger partial charge in [0.05, 0.1) is 17.4 Å². The number of carbonyl (C=O) groups excluding carboxylic acids is 3. The summed E-state index contributed by atoms with van der Waals surface area (Å²) in [4.78, 5) is 38.5. The number of hydrogen-bond donors (Lipinski definition) is 1. The van der Waals surface area contributed by atoms with E-state index in [0.29, 0.717) is 23.3 Å². The Morgan fingerprint density at radius 1 is 0.897 bits per heavy atom. The molecule has 6 heteroatoms. The van der Waals surface area contributed by atoms with Crippen LogP contribution in [0.25, 0.3) is 0 Å². The third kappa shape index (κ3) is 3.82. The van der Waals surface area contributed by atoms with Crippen molar-refractivity contribution < 1.29 is 18.8 Å². The van der Waals surface area contributed by atoms with Crippen molar-refractivity contribution in [1.82, 2.24) is 10.2 Å². The van der Waals surface area contributed by atoms with Crippen LogP contribution in [0, 0.1) is 0 Å². The molecule has 29 heavy (non-hydrogen) atoms. The molecule has 3 aromatic rings. The van der Waals surface area contributed by atoms with Crippen molar-refractivity contribution in [1.29, 1.82) is 0 Å². The Bertz CT molecular complexity index is 993. The number of carbonyl (C=O) groups is 3. The molecule has 1 unspecified atom stereocenters. The van der Waals surface area contributed by atoms with Gasteiger partial charge in [0.15, 0.2) is 0 Å². The molecule has 1 aromatic heterocycles. The van der Waals surface area contributed by atoms with Gasteiger partial charge in [0.2, 0.25) is 5.91 Å². The lowest BCUT2D eigenvalue weighted by Crippen LogP contribution is -2.33. The van der Waals surface area contributed by atoms with Crippen molar-refractivity contribution in [2.45, 2.75) is 18.9 Å². The molecule has 0 fully saturated rings. The van der Waals surface area contributed by atoms with E-state index in [1.54, 1.807) is 36.6 Å². The minimum absolute atomic E-state index is 0.174. The van der Waals surface area contributed by atoms with E-state index in [-0.39, 0.29) is 30.7 Å². The van der Waals surface area contributed by atoms with Gasteiger partial charge < -0.3 is 9.73 Å². The van der Waals surface area contributed by atoms with Crippen molar-refractivity contribution in [2.24, 2.45) is 0 Å². The summed E-state index contributed by atoms with van der Waals surface area (Å²) in [5.74, 6) is -0.135. The second-order valence-corrected chi connectivity index (χ2v) is 6.84. The van der Waals surface area contributed by atoms with Crippen molar-refractivity contribution in [2.75, 3.05) is 6.54 Å². The van der Waals surface area contributed by atoms with Crippen LogP contribution in [0.2, 0.25) is 0 Å². The molecule has 3 amide bonds. The van der Waals surface area contributed by atoms with Crippen molar-refractivity contribution in [3.63, 3.8) is 0 Å². The van der Waals surface area contributed by atoms with Gasteiger partial charge in [-0.05, 0) is 36.2 Å². The molecular weight excluding hydrogens is 368 g/mol. The van der Waals surface area contributed by atoms with Crippen LogP contribution in [0.3, 0.4) is 0 Å². The Kier molecular flexibility index (Phi) is 5.24. The van der Waals surface area contributed by atoms with Gasteiger partial charge in [-0.25, -0.2) is 0 Å². The number of imide groups is 1. The Morgan fingerprint density at radius 2 is 1.55 bits per heavy atom. The maximum atomic E-state index is 12.5. The molecule has 1 N–H and O–H groups in total. The average Bonchev–Trinajstić information content (AvgIpc) is 3.36. The molecule has 4 rings (SSSR count). The number of furan rings is 1. The Hall–Kier alpha value is -3.67. The maximum absolute atomic E-state index is 12.5. The summed E-state index contributed by atoms with van der Waals surface area (Å²) in [5, 5.41) is 2.98. The highest BCUT2D eigenvalue weighted by Crippen LogP contribution is 2.24. The van der Waals surface area contributed by atoms with Gasteiger partial charge in [0, 0.05) is 13.0 Å². The van der Waals surface area contributed by atoms with Gasteiger partial charge >= 0.3 is 0 Å². The molecule has 146 valence electrons. The zero-order chi connectivity index (χ0) is 20.2. The fourth-order valence-corrected chi connectivity index (χ4v) is 3.49. The van der Waals surface area contributed by atoms with Gasteiger partial charge in [-0.3, -0.25) is 19.3 Å². The summed E-state index contributed by atoms with van der Waals surface area (Å²) < 4.78 is 5.49. The summed E-state index contributed by atoms with van der Waals surface area (Å²) in [6.45, 7) is 0.205. The summed E-state index contributed by atoms with van der Waals surface area (Å²) in [6, 6.07) is 19.5. The van der Waals surface area contributed by atoms with Gasteiger partial charge in [-0.1, -0.05) is 42.5 Å². The summed E-state index contributed by atoms with van der Waals surface area (Å²) in [7, 11) is 0. The van der Waals surface area contributed by atoms with Crippen LogP contribution in [0.5, 0.6) is 0 Å². The first-order valence-electron chi connectivity index (χ1n) is 9.48. The minimum Gasteiger partial charge on any atom is -0.467 e. The second kappa shape index (κ2) is 8.14. The molecule has 6 nitrogen and oxygen atoms in total. The van der Waals surface area contributed by atoms with Crippen LogP contribution in [-0.2, 0) is 4.79 Å². The number of amides is 3. The van der Waals surface area contributed by atoms with E-state index in [0.717, 1.165) is 5.56 Å². The van der Waals surface area contributed by atoms with Crippen LogP contribution in [-0.4, -0.2) is 29.2 Å². The van der Waals surface area contributed by atoms with E-state index in [4.69, 9.17) is 4.42 Å². The zero-order valence-electron chi connectivity index (χ0n) is 15.7. The van der Waals surface area contributed by atoms with E-state index in [1.165, 1.54) is 4.90 Å². The van der Waals surface area contributed by atoms with Crippen LogP contribution < -0.4 is 5.32 Å². The first-order chi connectivity index (χ1) is 14.1. The Morgan fingerprint density at radius 3 is 2.17 bits per heavy atom. The number of hydrogen-bond acceptors (Lipinski definition) is 4. The van der Waals surface area contributed by atoms with E-state index in [1.807, 2.05) is 36.4 Å². The number of nitrogens with zero attached hydrogens (tertiary/aromatic N) is 1. The van der Waals surface area contributed by atoms with E-state index in [2.05, 4.69) is 5.32 Å². The van der Waals surface area contributed by atoms with Crippen molar-refractivity contribution in [3.05, 3.63) is 95.4 Å². The highest BCUT2D eigenvalue weighted by atomic mass is 16.3. The molecule has 0 saturated carbocycles. The van der Waals surface area contributed by atoms with Crippen LogP contribution in [0.4, 0.5) is 0 Å². The molecular formula is C23H20N2O4. The van der Waals surface area contributed by atoms with Crippen LogP contribution in [0.1, 0.15) is 50.9 Å². The van der Waals surface area contributed by atoms with E-state index in [9.17, 15) is 14.4 Å². The summed E-state index contributed by atoms with van der Waals surface area (Å²) in [5.41, 5.74) is 1.75. The quantitative estimate of drug-likeness (QED) is 0.628. The number of fused-ring (bicyclic) bond motifs is 1. The normalized spacial score (nSPS) is 14.0. The first kappa shape index (κ1) is 18.7. The summed E-state index contributed by atoms with van der Waals surface area (Å²) in [6.07, 6.45) is 2.15. The lowest BCUT2D eigenvalue weighted by Gasteiger charge is -2.18. The topological polar surface area (TPSA) is 79.6 Å². The summed E-state index contributed by atoms with van der Waals surface area (Å²) >= 11 is 0. The van der Waals surface area contributed by atoms with Crippen LogP contribution in [0.15, 0.2) is 77.4 Å². The third-order valence-corrected chi connectivity index (χ3v) is 4.93. The predicted molar refractivity (Wildman–Crippen MR) is 106 cm³/mol. The van der Waals surface area contributed by atoms with Gasteiger partial charge in [0.1, 0.15) is 11.8 Å². The largest absolute Gasteiger partial charge is 0.467 e. The molecule has 1 aliphatic rings. The van der Waals surface area contributed by atoms with E-state index < -0.39 is 6.04 Å². The SMILES string of the molecule is O=C(CCCN1C(=O)c2ccccc2C1=O)NC(c1ccccc1)c1ccco1.